The molecule has 3 N–H and O–H groups in total. The maximum atomic E-state index is 12.4. The van der Waals surface area contributed by atoms with Gasteiger partial charge in [-0.25, -0.2) is 0 Å². The third kappa shape index (κ3) is 4.35. The molecule has 2 aromatic heterocycles. The average Bonchev–Trinajstić information content (AvgIpc) is 3.38. The highest BCUT2D eigenvalue weighted by atomic mass is 32.1. The van der Waals surface area contributed by atoms with Crippen LogP contribution in [0.5, 0.6) is 0 Å². The van der Waals surface area contributed by atoms with Crippen LogP contribution in [-0.2, 0) is 16.0 Å². The maximum Gasteiger partial charge on any atom is 0.247 e. The Hall–Kier alpha value is -3.45. The summed E-state index contributed by atoms with van der Waals surface area (Å²) < 4.78 is 1.15. The van der Waals surface area contributed by atoms with Crippen LogP contribution in [0.3, 0.4) is 0 Å². The highest BCUT2D eigenvalue weighted by molar-refractivity contribution is 7.17. The van der Waals surface area contributed by atoms with Gasteiger partial charge in [-0.15, -0.1) is 11.3 Å². The third-order valence-electron chi connectivity index (χ3n) is 4.62. The fourth-order valence-electron chi connectivity index (χ4n) is 3.13. The largest absolute Gasteiger partial charge is 0.344 e. The first-order valence-corrected chi connectivity index (χ1v) is 10.1. The van der Waals surface area contributed by atoms with Crippen molar-refractivity contribution in [2.45, 2.75) is 19.4 Å². The van der Waals surface area contributed by atoms with Gasteiger partial charge in [0, 0.05) is 10.8 Å². The molecule has 4 aromatic rings. The Morgan fingerprint density at radius 1 is 1.10 bits per heavy atom. The predicted octanol–water partition coefficient (Wildman–Crippen LogP) is 3.98. The number of thiophene rings is 1. The number of carbonyl (C=O) groups is 2. The number of hydrogen-bond donors (Lipinski definition) is 3. The lowest BCUT2D eigenvalue weighted by atomic mass is 10.1. The number of amides is 2. The van der Waals surface area contributed by atoms with Crippen molar-refractivity contribution < 1.29 is 9.59 Å². The van der Waals surface area contributed by atoms with Gasteiger partial charge in [-0.05, 0) is 40.9 Å². The van der Waals surface area contributed by atoms with E-state index in [0.717, 1.165) is 26.9 Å². The number of fused-ring (bicyclic) bond motifs is 1. The summed E-state index contributed by atoms with van der Waals surface area (Å²) in [7, 11) is 0. The van der Waals surface area contributed by atoms with E-state index in [1.54, 1.807) is 24.3 Å². The second-order valence-electron chi connectivity index (χ2n) is 6.74. The van der Waals surface area contributed by atoms with Crippen molar-refractivity contribution in [1.29, 1.82) is 0 Å². The second kappa shape index (κ2) is 8.28. The standard InChI is InChI=1S/C22H20N4O2S/c1-14(23-21(27)12-16-8-5-9-19-17(16)10-11-29-19)22(28)24-20-13-18(25-26-20)15-6-3-2-4-7-15/h2-11,13-14H,12H2,1H3,(H,23,27)(H2,24,25,26,28). The molecule has 1 atom stereocenters. The number of hydrogen-bond acceptors (Lipinski definition) is 4. The van der Waals surface area contributed by atoms with Crippen LogP contribution < -0.4 is 10.6 Å². The van der Waals surface area contributed by atoms with Gasteiger partial charge in [0.25, 0.3) is 0 Å². The zero-order chi connectivity index (χ0) is 20.2. The molecule has 2 amide bonds. The first kappa shape index (κ1) is 18.9. The topological polar surface area (TPSA) is 86.9 Å². The number of nitrogens with zero attached hydrogens (tertiary/aromatic N) is 1. The summed E-state index contributed by atoms with van der Waals surface area (Å²) in [5.41, 5.74) is 2.74. The number of rotatable bonds is 6. The van der Waals surface area contributed by atoms with Crippen LogP contribution in [0.4, 0.5) is 5.82 Å². The highest BCUT2D eigenvalue weighted by Gasteiger charge is 2.18. The summed E-state index contributed by atoms with van der Waals surface area (Å²) in [6.45, 7) is 1.66. The number of aromatic amines is 1. The SMILES string of the molecule is CC(NC(=O)Cc1cccc2sccc12)C(=O)Nc1cc(-c2ccccc2)[nH]n1. The molecule has 4 rings (SSSR count). The van der Waals surface area contributed by atoms with Gasteiger partial charge >= 0.3 is 0 Å². The molecular formula is C22H20N4O2S. The fourth-order valence-corrected chi connectivity index (χ4v) is 3.96. The molecule has 0 saturated heterocycles. The van der Waals surface area contributed by atoms with E-state index in [1.807, 2.05) is 60.0 Å². The van der Waals surface area contributed by atoms with E-state index in [4.69, 9.17) is 0 Å². The normalized spacial score (nSPS) is 11.9. The minimum Gasteiger partial charge on any atom is -0.344 e. The maximum absolute atomic E-state index is 12.4. The number of carbonyl (C=O) groups excluding carboxylic acids is 2. The lowest BCUT2D eigenvalue weighted by molar-refractivity contribution is -0.125. The Bertz CT molecular complexity index is 1150. The first-order valence-electron chi connectivity index (χ1n) is 9.26. The molecule has 0 fully saturated rings. The third-order valence-corrected chi connectivity index (χ3v) is 5.50. The molecular weight excluding hydrogens is 384 g/mol. The molecule has 146 valence electrons. The number of nitrogens with one attached hydrogen (secondary N) is 3. The predicted molar refractivity (Wildman–Crippen MR) is 116 cm³/mol. The summed E-state index contributed by atoms with van der Waals surface area (Å²) in [6.07, 6.45) is 0.228. The van der Waals surface area contributed by atoms with Gasteiger partial charge in [0.2, 0.25) is 11.8 Å². The van der Waals surface area contributed by atoms with Gasteiger partial charge in [-0.1, -0.05) is 42.5 Å². The molecule has 0 saturated carbocycles. The number of H-pyrrole nitrogens is 1. The molecule has 7 heteroatoms. The molecule has 29 heavy (non-hydrogen) atoms. The first-order chi connectivity index (χ1) is 14.1. The Morgan fingerprint density at radius 3 is 2.76 bits per heavy atom. The second-order valence-corrected chi connectivity index (χ2v) is 7.69. The summed E-state index contributed by atoms with van der Waals surface area (Å²) in [6, 6.07) is 18.7. The molecule has 6 nitrogen and oxygen atoms in total. The minimum atomic E-state index is -0.680. The van der Waals surface area contributed by atoms with E-state index in [9.17, 15) is 9.59 Å². The minimum absolute atomic E-state index is 0.196. The molecule has 2 aromatic carbocycles. The van der Waals surface area contributed by atoms with Crippen LogP contribution >= 0.6 is 11.3 Å². The number of anilines is 1. The Labute approximate surface area is 172 Å². The van der Waals surface area contributed by atoms with E-state index in [2.05, 4.69) is 20.8 Å². The Balaban J connectivity index is 1.35. The van der Waals surface area contributed by atoms with Crippen LogP contribution in [-0.4, -0.2) is 28.1 Å². The van der Waals surface area contributed by atoms with Crippen molar-refractivity contribution >= 4 is 39.1 Å². The number of aromatic nitrogens is 2. The molecule has 1 unspecified atom stereocenters. The highest BCUT2D eigenvalue weighted by Crippen LogP contribution is 2.24. The molecule has 0 aliphatic rings. The molecule has 0 aliphatic carbocycles. The van der Waals surface area contributed by atoms with Gasteiger partial charge in [0.15, 0.2) is 5.82 Å². The smallest absolute Gasteiger partial charge is 0.247 e. The lowest BCUT2D eigenvalue weighted by Crippen LogP contribution is -2.42. The average molecular weight is 404 g/mol. The quantitative estimate of drug-likeness (QED) is 0.454. The molecule has 0 spiro atoms. The van der Waals surface area contributed by atoms with Gasteiger partial charge in [-0.2, -0.15) is 5.10 Å². The van der Waals surface area contributed by atoms with Crippen LogP contribution in [0.2, 0.25) is 0 Å². The summed E-state index contributed by atoms with van der Waals surface area (Å²) in [5.74, 6) is -0.102. The van der Waals surface area contributed by atoms with Crippen molar-refractivity contribution in [3.8, 4) is 11.3 Å². The van der Waals surface area contributed by atoms with E-state index >= 15 is 0 Å². The lowest BCUT2D eigenvalue weighted by Gasteiger charge is -2.13. The van der Waals surface area contributed by atoms with Gasteiger partial charge < -0.3 is 10.6 Å². The molecule has 0 aliphatic heterocycles. The number of benzene rings is 2. The van der Waals surface area contributed by atoms with Crippen molar-refractivity contribution in [3.63, 3.8) is 0 Å². The van der Waals surface area contributed by atoms with Gasteiger partial charge in [-0.3, -0.25) is 14.7 Å². The van der Waals surface area contributed by atoms with Gasteiger partial charge in [0.1, 0.15) is 6.04 Å². The molecule has 0 radical (unpaired) electrons. The van der Waals surface area contributed by atoms with E-state index in [0.29, 0.717) is 5.82 Å². The van der Waals surface area contributed by atoms with Crippen molar-refractivity contribution in [3.05, 3.63) is 71.6 Å². The fraction of sp³-hybridized carbons (Fsp3) is 0.136. The van der Waals surface area contributed by atoms with Crippen molar-refractivity contribution in [2.75, 3.05) is 5.32 Å². The summed E-state index contributed by atoms with van der Waals surface area (Å²) >= 11 is 1.64. The van der Waals surface area contributed by atoms with Crippen molar-refractivity contribution in [2.24, 2.45) is 0 Å². The summed E-state index contributed by atoms with van der Waals surface area (Å²) in [5, 5.41) is 15.6. The van der Waals surface area contributed by atoms with Crippen molar-refractivity contribution in [1.82, 2.24) is 15.5 Å². The zero-order valence-electron chi connectivity index (χ0n) is 15.8. The van der Waals surface area contributed by atoms with Gasteiger partial charge in [0.05, 0.1) is 12.1 Å². The monoisotopic (exact) mass is 404 g/mol. The van der Waals surface area contributed by atoms with Crippen LogP contribution in [0, 0.1) is 0 Å². The summed E-state index contributed by atoms with van der Waals surface area (Å²) in [4.78, 5) is 24.9. The zero-order valence-corrected chi connectivity index (χ0v) is 16.6. The van der Waals surface area contributed by atoms with E-state index in [-0.39, 0.29) is 18.2 Å². The Morgan fingerprint density at radius 2 is 1.93 bits per heavy atom. The van der Waals surface area contributed by atoms with Crippen LogP contribution in [0.15, 0.2) is 66.0 Å². The van der Waals surface area contributed by atoms with Crippen LogP contribution in [0.25, 0.3) is 21.3 Å². The Kier molecular flexibility index (Phi) is 5.39. The molecule has 2 heterocycles. The molecule has 0 bridgehead atoms. The van der Waals surface area contributed by atoms with Crippen LogP contribution in [0.1, 0.15) is 12.5 Å². The van der Waals surface area contributed by atoms with E-state index in [1.165, 1.54) is 0 Å². The van der Waals surface area contributed by atoms with E-state index < -0.39 is 6.04 Å².